The first-order valence-electron chi connectivity index (χ1n) is 7.30. The van der Waals surface area contributed by atoms with Gasteiger partial charge >= 0.3 is 6.18 Å². The molecule has 0 spiro atoms. The van der Waals surface area contributed by atoms with Gasteiger partial charge < -0.3 is 9.73 Å². The molecule has 1 N–H and O–H groups in total. The fourth-order valence-electron chi connectivity index (χ4n) is 2.02. The second-order valence-corrected chi connectivity index (χ2v) is 6.05. The summed E-state index contributed by atoms with van der Waals surface area (Å²) in [6.45, 7) is 0.322. The van der Waals surface area contributed by atoms with Gasteiger partial charge in [-0.3, -0.25) is 4.79 Å². The fraction of sp³-hybridized carbons (Fsp3) is 0.200. The van der Waals surface area contributed by atoms with Crippen molar-refractivity contribution in [3.63, 3.8) is 0 Å². The molecule has 11 heteroatoms. The smallest absolute Gasteiger partial charge is 0.416 e. The molecule has 26 heavy (non-hydrogen) atoms. The molecule has 136 valence electrons. The summed E-state index contributed by atoms with van der Waals surface area (Å²) >= 11 is 1.10. The highest BCUT2D eigenvalue weighted by molar-refractivity contribution is 7.99. The predicted molar refractivity (Wildman–Crippen MR) is 86.4 cm³/mol. The number of hydrogen-bond donors (Lipinski definition) is 1. The monoisotopic (exact) mass is 383 g/mol. The van der Waals surface area contributed by atoms with Crippen molar-refractivity contribution >= 4 is 23.4 Å². The van der Waals surface area contributed by atoms with E-state index in [0.717, 1.165) is 23.9 Å². The third-order valence-electron chi connectivity index (χ3n) is 3.21. The molecule has 2 heterocycles. The SMILES string of the molecule is O=C(CSc1nnnn1Cc1ccco1)Nc1ccc(C(F)(F)F)cc1. The molecule has 1 amide bonds. The Bertz CT molecular complexity index is 862. The number of rotatable bonds is 6. The van der Waals surface area contributed by atoms with Gasteiger partial charge in [-0.2, -0.15) is 13.2 Å². The Morgan fingerprint density at radius 2 is 2.00 bits per heavy atom. The van der Waals surface area contributed by atoms with Crippen LogP contribution in [0.4, 0.5) is 18.9 Å². The molecule has 0 aliphatic carbocycles. The van der Waals surface area contributed by atoms with Crippen molar-refractivity contribution in [2.24, 2.45) is 0 Å². The summed E-state index contributed by atoms with van der Waals surface area (Å²) in [6, 6.07) is 7.73. The van der Waals surface area contributed by atoms with Crippen molar-refractivity contribution in [2.45, 2.75) is 17.9 Å². The number of thioether (sulfide) groups is 1. The van der Waals surface area contributed by atoms with Crippen molar-refractivity contribution in [2.75, 3.05) is 11.1 Å². The van der Waals surface area contributed by atoms with Crippen LogP contribution in [0.2, 0.25) is 0 Å². The van der Waals surface area contributed by atoms with Gasteiger partial charge in [-0.25, -0.2) is 4.68 Å². The summed E-state index contributed by atoms with van der Waals surface area (Å²) in [7, 11) is 0. The van der Waals surface area contributed by atoms with E-state index in [4.69, 9.17) is 4.42 Å². The minimum Gasteiger partial charge on any atom is -0.467 e. The number of benzene rings is 1. The first-order valence-corrected chi connectivity index (χ1v) is 8.29. The highest BCUT2D eigenvalue weighted by Crippen LogP contribution is 2.29. The van der Waals surface area contributed by atoms with Crippen LogP contribution in [0.3, 0.4) is 0 Å². The summed E-state index contributed by atoms with van der Waals surface area (Å²) in [5.41, 5.74) is -0.499. The summed E-state index contributed by atoms with van der Waals surface area (Å²) in [6.07, 6.45) is -2.88. The third-order valence-corrected chi connectivity index (χ3v) is 4.17. The average molecular weight is 383 g/mol. The molecule has 0 fully saturated rings. The van der Waals surface area contributed by atoms with Gasteiger partial charge in [0.25, 0.3) is 0 Å². The van der Waals surface area contributed by atoms with Crippen LogP contribution in [0.25, 0.3) is 0 Å². The zero-order chi connectivity index (χ0) is 18.6. The lowest BCUT2D eigenvalue weighted by Gasteiger charge is -2.08. The maximum Gasteiger partial charge on any atom is 0.416 e. The quantitative estimate of drug-likeness (QED) is 0.659. The van der Waals surface area contributed by atoms with Crippen LogP contribution in [0.5, 0.6) is 0 Å². The molecule has 3 rings (SSSR count). The van der Waals surface area contributed by atoms with Crippen LogP contribution in [-0.2, 0) is 17.5 Å². The Morgan fingerprint density at radius 3 is 2.65 bits per heavy atom. The molecule has 1 aromatic carbocycles. The standard InChI is InChI=1S/C15H12F3N5O2S/c16-15(17,18)10-3-5-11(6-4-10)19-13(24)9-26-14-20-21-22-23(14)8-12-2-1-7-25-12/h1-7H,8-9H2,(H,19,24). The highest BCUT2D eigenvalue weighted by Gasteiger charge is 2.29. The van der Waals surface area contributed by atoms with Crippen LogP contribution in [-0.4, -0.2) is 31.9 Å². The molecule has 0 aliphatic heterocycles. The summed E-state index contributed by atoms with van der Waals surface area (Å²) in [4.78, 5) is 12.0. The van der Waals surface area contributed by atoms with Crippen molar-refractivity contribution in [1.29, 1.82) is 0 Å². The molecule has 0 saturated heterocycles. The number of tetrazole rings is 1. The number of hydrogen-bond acceptors (Lipinski definition) is 6. The molecule has 0 aliphatic rings. The molecule has 2 aromatic heterocycles. The first-order chi connectivity index (χ1) is 12.4. The van der Waals surface area contributed by atoms with E-state index in [9.17, 15) is 18.0 Å². The molecule has 0 saturated carbocycles. The van der Waals surface area contributed by atoms with Gasteiger partial charge in [-0.05, 0) is 46.8 Å². The number of halogens is 3. The van der Waals surface area contributed by atoms with Crippen LogP contribution in [0.15, 0.2) is 52.2 Å². The van der Waals surface area contributed by atoms with Gasteiger partial charge in [0, 0.05) is 5.69 Å². The van der Waals surface area contributed by atoms with E-state index < -0.39 is 11.7 Å². The van der Waals surface area contributed by atoms with Crippen molar-refractivity contribution < 1.29 is 22.4 Å². The van der Waals surface area contributed by atoms with Gasteiger partial charge in [-0.1, -0.05) is 11.8 Å². The maximum atomic E-state index is 12.5. The van der Waals surface area contributed by atoms with Gasteiger partial charge in [0.1, 0.15) is 12.3 Å². The third kappa shape index (κ3) is 4.63. The largest absolute Gasteiger partial charge is 0.467 e. The number of anilines is 1. The summed E-state index contributed by atoms with van der Waals surface area (Å²) < 4.78 is 44.2. The lowest BCUT2D eigenvalue weighted by atomic mass is 10.2. The average Bonchev–Trinajstić information content (AvgIpc) is 3.25. The molecule has 3 aromatic rings. The van der Waals surface area contributed by atoms with E-state index in [1.165, 1.54) is 23.1 Å². The fourth-order valence-corrected chi connectivity index (χ4v) is 2.70. The van der Waals surface area contributed by atoms with Gasteiger partial charge in [0.2, 0.25) is 11.1 Å². The van der Waals surface area contributed by atoms with Crippen LogP contribution in [0.1, 0.15) is 11.3 Å². The Kier molecular flexibility index (Phi) is 5.26. The predicted octanol–water partition coefficient (Wildman–Crippen LogP) is 3.06. The summed E-state index contributed by atoms with van der Waals surface area (Å²) in [5, 5.41) is 14.2. The van der Waals surface area contributed by atoms with Gasteiger partial charge in [-0.15, -0.1) is 5.10 Å². The second-order valence-electron chi connectivity index (χ2n) is 5.11. The molecule has 7 nitrogen and oxygen atoms in total. The molecular weight excluding hydrogens is 371 g/mol. The topological polar surface area (TPSA) is 85.8 Å². The van der Waals surface area contributed by atoms with Crippen LogP contribution < -0.4 is 5.32 Å². The maximum absolute atomic E-state index is 12.5. The van der Waals surface area contributed by atoms with Crippen LogP contribution >= 0.6 is 11.8 Å². The second kappa shape index (κ2) is 7.60. The Hall–Kier alpha value is -2.82. The van der Waals surface area contributed by atoms with E-state index in [-0.39, 0.29) is 17.3 Å². The lowest BCUT2D eigenvalue weighted by Crippen LogP contribution is -2.15. The lowest BCUT2D eigenvalue weighted by molar-refractivity contribution is -0.137. The zero-order valence-corrected chi connectivity index (χ0v) is 13.9. The Balaban J connectivity index is 1.54. The molecular formula is C15H12F3N5O2S. The van der Waals surface area contributed by atoms with Crippen LogP contribution in [0, 0.1) is 0 Å². The van der Waals surface area contributed by atoms with E-state index >= 15 is 0 Å². The van der Waals surface area contributed by atoms with Crippen molar-refractivity contribution in [3.8, 4) is 0 Å². The van der Waals surface area contributed by atoms with Crippen molar-refractivity contribution in [1.82, 2.24) is 20.2 Å². The van der Waals surface area contributed by atoms with E-state index in [0.29, 0.717) is 17.5 Å². The van der Waals surface area contributed by atoms with E-state index in [1.54, 1.807) is 12.1 Å². The number of amides is 1. The Labute approximate surface area is 149 Å². The number of carbonyl (C=O) groups is 1. The minimum absolute atomic E-state index is 0.000446. The normalized spacial score (nSPS) is 11.5. The number of nitrogens with one attached hydrogen (secondary N) is 1. The molecule has 0 bridgehead atoms. The Morgan fingerprint density at radius 1 is 1.23 bits per heavy atom. The first kappa shape index (κ1) is 18.0. The van der Waals surface area contributed by atoms with E-state index in [1.807, 2.05) is 0 Å². The number of alkyl halides is 3. The van der Waals surface area contributed by atoms with Crippen molar-refractivity contribution in [3.05, 3.63) is 54.0 Å². The summed E-state index contributed by atoms with van der Waals surface area (Å²) in [5.74, 6) is 0.273. The minimum atomic E-state index is -4.41. The van der Waals surface area contributed by atoms with E-state index in [2.05, 4.69) is 20.8 Å². The number of furan rings is 1. The van der Waals surface area contributed by atoms with Gasteiger partial charge in [0.15, 0.2) is 0 Å². The molecule has 0 atom stereocenters. The molecule has 0 radical (unpaired) electrons. The van der Waals surface area contributed by atoms with Gasteiger partial charge in [0.05, 0.1) is 17.6 Å². The number of aromatic nitrogens is 4. The number of carbonyl (C=O) groups excluding carboxylic acids is 1. The molecule has 0 unspecified atom stereocenters. The zero-order valence-electron chi connectivity index (χ0n) is 13.1. The number of nitrogens with zero attached hydrogens (tertiary/aromatic N) is 4. The highest BCUT2D eigenvalue weighted by atomic mass is 32.2.